The fourth-order valence-electron chi connectivity index (χ4n) is 4.54. The van der Waals surface area contributed by atoms with Gasteiger partial charge in [0.2, 0.25) is 17.6 Å². The average Bonchev–Trinajstić information content (AvgIpc) is 3.55. The molecule has 2 atom stereocenters. The van der Waals surface area contributed by atoms with Crippen LogP contribution in [0.4, 0.5) is 0 Å². The lowest BCUT2D eigenvalue weighted by molar-refractivity contribution is -0.127. The number of hydrogen-bond donors (Lipinski definition) is 1. The van der Waals surface area contributed by atoms with Gasteiger partial charge in [-0.2, -0.15) is 4.98 Å². The Hall–Kier alpha value is -3.29. The van der Waals surface area contributed by atoms with Gasteiger partial charge >= 0.3 is 0 Å². The molecule has 2 aromatic carbocycles. The molecule has 3 heterocycles. The average molecular weight is 473 g/mol. The van der Waals surface area contributed by atoms with Crippen molar-refractivity contribution in [2.45, 2.75) is 32.4 Å². The summed E-state index contributed by atoms with van der Waals surface area (Å²) in [4.78, 5) is 21.2. The van der Waals surface area contributed by atoms with E-state index in [4.69, 9.17) is 4.52 Å². The van der Waals surface area contributed by atoms with E-state index in [1.54, 1.807) is 11.3 Å². The first-order chi connectivity index (χ1) is 16.7. The van der Waals surface area contributed by atoms with Gasteiger partial charge in [-0.1, -0.05) is 71.4 Å². The summed E-state index contributed by atoms with van der Waals surface area (Å²) in [7, 11) is 0. The number of aryl methyl sites for hydroxylation is 1. The number of carbonyl (C=O) groups is 1. The maximum atomic E-state index is 13.4. The maximum absolute atomic E-state index is 13.4. The van der Waals surface area contributed by atoms with Crippen LogP contribution >= 0.6 is 11.3 Å². The van der Waals surface area contributed by atoms with Crippen molar-refractivity contribution in [3.05, 3.63) is 94.7 Å². The van der Waals surface area contributed by atoms with Crippen LogP contribution < -0.4 is 5.32 Å². The van der Waals surface area contributed by atoms with Crippen LogP contribution in [0.15, 0.2) is 76.6 Å². The zero-order valence-electron chi connectivity index (χ0n) is 19.2. The van der Waals surface area contributed by atoms with Crippen LogP contribution in [0.3, 0.4) is 0 Å². The molecule has 5 rings (SSSR count). The predicted molar refractivity (Wildman–Crippen MR) is 133 cm³/mol. The molecule has 0 aliphatic carbocycles. The van der Waals surface area contributed by atoms with Gasteiger partial charge in [-0.15, -0.1) is 11.3 Å². The smallest absolute Gasteiger partial charge is 0.241 e. The second-order valence-corrected chi connectivity index (χ2v) is 9.78. The SMILES string of the molecule is Cc1cccc(C(NC(=O)C2CCCN(Cc3nc(-c4cccs4)no3)C2)c2ccccc2)c1. The molecule has 1 aliphatic rings. The number of nitrogens with one attached hydrogen (secondary N) is 1. The maximum Gasteiger partial charge on any atom is 0.241 e. The summed E-state index contributed by atoms with van der Waals surface area (Å²) in [6.45, 7) is 4.23. The molecule has 1 fully saturated rings. The molecule has 0 spiro atoms. The monoisotopic (exact) mass is 472 g/mol. The van der Waals surface area contributed by atoms with Crippen LogP contribution in [0.5, 0.6) is 0 Å². The number of likely N-dealkylation sites (tertiary alicyclic amines) is 1. The lowest BCUT2D eigenvalue weighted by Gasteiger charge is -2.32. The molecule has 1 aliphatic heterocycles. The molecular formula is C27H28N4O2S. The van der Waals surface area contributed by atoms with Crippen molar-refractivity contribution < 1.29 is 9.32 Å². The number of benzene rings is 2. The third-order valence-corrected chi connectivity index (χ3v) is 7.11. The van der Waals surface area contributed by atoms with E-state index in [-0.39, 0.29) is 17.9 Å². The minimum absolute atomic E-state index is 0.0792. The fourth-order valence-corrected chi connectivity index (χ4v) is 5.19. The Kier molecular flexibility index (Phi) is 6.83. The van der Waals surface area contributed by atoms with Crippen LogP contribution in [-0.4, -0.2) is 34.0 Å². The Bertz CT molecular complexity index is 1220. The number of thiophene rings is 1. The summed E-state index contributed by atoms with van der Waals surface area (Å²) in [6, 6.07) is 22.3. The number of hydrogen-bond acceptors (Lipinski definition) is 6. The third kappa shape index (κ3) is 5.26. The molecule has 174 valence electrons. The van der Waals surface area contributed by atoms with Gasteiger partial charge in [-0.3, -0.25) is 9.69 Å². The van der Waals surface area contributed by atoms with E-state index in [1.807, 2.05) is 41.8 Å². The van der Waals surface area contributed by atoms with Crippen LogP contribution in [0.25, 0.3) is 10.7 Å². The van der Waals surface area contributed by atoms with Crippen molar-refractivity contribution >= 4 is 17.2 Å². The Balaban J connectivity index is 1.27. The van der Waals surface area contributed by atoms with E-state index >= 15 is 0 Å². The first-order valence-corrected chi connectivity index (χ1v) is 12.5. The van der Waals surface area contributed by atoms with Gasteiger partial charge in [0.15, 0.2) is 0 Å². The van der Waals surface area contributed by atoms with Crippen molar-refractivity contribution in [3.8, 4) is 10.7 Å². The first kappa shape index (κ1) is 22.5. The number of piperidine rings is 1. The Morgan fingerprint density at radius 2 is 2.00 bits per heavy atom. The van der Waals surface area contributed by atoms with Crippen LogP contribution in [0.2, 0.25) is 0 Å². The number of amides is 1. The number of aromatic nitrogens is 2. The molecule has 1 N–H and O–H groups in total. The minimum atomic E-state index is -0.173. The summed E-state index contributed by atoms with van der Waals surface area (Å²) in [5.41, 5.74) is 3.36. The molecule has 0 saturated carbocycles. The molecule has 6 nitrogen and oxygen atoms in total. The molecule has 2 unspecified atom stereocenters. The van der Waals surface area contributed by atoms with E-state index in [9.17, 15) is 4.79 Å². The van der Waals surface area contributed by atoms with Crippen molar-refractivity contribution in [2.24, 2.45) is 5.92 Å². The van der Waals surface area contributed by atoms with Gasteiger partial charge in [0.1, 0.15) is 0 Å². The highest BCUT2D eigenvalue weighted by Gasteiger charge is 2.29. The summed E-state index contributed by atoms with van der Waals surface area (Å²) < 4.78 is 5.48. The largest absolute Gasteiger partial charge is 0.345 e. The Morgan fingerprint density at radius 1 is 1.15 bits per heavy atom. The number of rotatable bonds is 7. The molecule has 34 heavy (non-hydrogen) atoms. The fraction of sp³-hybridized carbons (Fsp3) is 0.296. The highest BCUT2D eigenvalue weighted by atomic mass is 32.1. The lowest BCUT2D eigenvalue weighted by Crippen LogP contribution is -2.43. The first-order valence-electron chi connectivity index (χ1n) is 11.7. The van der Waals surface area contributed by atoms with Gasteiger partial charge in [0, 0.05) is 6.54 Å². The van der Waals surface area contributed by atoms with E-state index in [2.05, 4.69) is 57.6 Å². The zero-order chi connectivity index (χ0) is 23.3. The highest BCUT2D eigenvalue weighted by molar-refractivity contribution is 7.13. The van der Waals surface area contributed by atoms with Gasteiger partial charge in [0.25, 0.3) is 0 Å². The molecule has 1 saturated heterocycles. The topological polar surface area (TPSA) is 71.3 Å². The lowest BCUT2D eigenvalue weighted by atomic mass is 9.93. The van der Waals surface area contributed by atoms with Crippen LogP contribution in [0, 0.1) is 12.8 Å². The van der Waals surface area contributed by atoms with Crippen molar-refractivity contribution in [1.29, 1.82) is 0 Å². The molecule has 0 radical (unpaired) electrons. The molecule has 1 amide bonds. The van der Waals surface area contributed by atoms with Crippen LogP contribution in [0.1, 0.15) is 41.5 Å². The summed E-state index contributed by atoms with van der Waals surface area (Å²) in [6.07, 6.45) is 1.84. The predicted octanol–water partition coefficient (Wildman–Crippen LogP) is 5.22. The zero-order valence-corrected chi connectivity index (χ0v) is 20.0. The Labute approximate surface area is 203 Å². The number of nitrogens with zero attached hydrogens (tertiary/aromatic N) is 3. The van der Waals surface area contributed by atoms with Gasteiger partial charge < -0.3 is 9.84 Å². The third-order valence-electron chi connectivity index (χ3n) is 6.24. The van der Waals surface area contributed by atoms with Crippen LogP contribution in [-0.2, 0) is 11.3 Å². The van der Waals surface area contributed by atoms with Gasteiger partial charge in [-0.25, -0.2) is 0 Å². The minimum Gasteiger partial charge on any atom is -0.345 e. The van der Waals surface area contributed by atoms with E-state index in [0.29, 0.717) is 24.8 Å². The summed E-state index contributed by atoms with van der Waals surface area (Å²) >= 11 is 1.59. The second-order valence-electron chi connectivity index (χ2n) is 8.83. The molecular weight excluding hydrogens is 444 g/mol. The highest BCUT2D eigenvalue weighted by Crippen LogP contribution is 2.26. The molecule has 0 bridgehead atoms. The van der Waals surface area contributed by atoms with Crippen molar-refractivity contribution in [2.75, 3.05) is 13.1 Å². The molecule has 4 aromatic rings. The standard InChI is InChI=1S/C27H28N4O2S/c1-19-8-5-11-21(16-19)25(20-9-3-2-4-10-20)29-27(32)22-12-6-14-31(17-22)18-24-28-26(30-33-24)23-13-7-15-34-23/h2-5,7-11,13,15-16,22,25H,6,12,14,17-18H2,1H3,(H,29,32). The summed E-state index contributed by atoms with van der Waals surface area (Å²) in [5, 5.41) is 9.45. The van der Waals surface area contributed by atoms with E-state index in [0.717, 1.165) is 35.4 Å². The van der Waals surface area contributed by atoms with Gasteiger partial charge in [-0.05, 0) is 48.9 Å². The summed E-state index contributed by atoms with van der Waals surface area (Å²) in [5.74, 6) is 1.22. The normalized spacial score (nSPS) is 17.4. The number of carbonyl (C=O) groups excluding carboxylic acids is 1. The van der Waals surface area contributed by atoms with Crippen molar-refractivity contribution in [3.63, 3.8) is 0 Å². The van der Waals surface area contributed by atoms with E-state index < -0.39 is 0 Å². The molecule has 2 aromatic heterocycles. The van der Waals surface area contributed by atoms with Gasteiger partial charge in [0.05, 0.1) is 23.4 Å². The second kappa shape index (κ2) is 10.3. The quantitative estimate of drug-likeness (QED) is 0.399. The molecule has 7 heteroatoms. The Morgan fingerprint density at radius 3 is 2.79 bits per heavy atom. The van der Waals surface area contributed by atoms with Crippen molar-refractivity contribution in [1.82, 2.24) is 20.4 Å². The van der Waals surface area contributed by atoms with E-state index in [1.165, 1.54) is 5.56 Å².